The van der Waals surface area contributed by atoms with Crippen LogP contribution in [0.1, 0.15) is 47.6 Å². The van der Waals surface area contributed by atoms with Crippen molar-refractivity contribution in [3.8, 4) is 0 Å². The Bertz CT molecular complexity index is 1090. The smallest absolute Gasteiger partial charge is 0.348 e. The number of H-pyrrole nitrogens is 1. The largest absolute Gasteiger partial charge is 0.468 e. The highest BCUT2D eigenvalue weighted by atomic mass is 32.1. The van der Waals surface area contributed by atoms with Crippen LogP contribution in [0.4, 0.5) is 0 Å². The molecule has 0 radical (unpaired) electrons. The third-order valence-corrected chi connectivity index (χ3v) is 5.96. The Morgan fingerprint density at radius 3 is 2.78 bits per heavy atom. The summed E-state index contributed by atoms with van der Waals surface area (Å²) in [6.07, 6.45) is 1.40. The number of methoxy groups -OCH3 is 1. The molecule has 32 heavy (non-hydrogen) atoms. The fourth-order valence-corrected chi connectivity index (χ4v) is 4.66. The van der Waals surface area contributed by atoms with Crippen LogP contribution in [-0.4, -0.2) is 58.4 Å². The molecule has 0 spiro atoms. The second-order valence-corrected chi connectivity index (χ2v) is 8.73. The summed E-state index contributed by atoms with van der Waals surface area (Å²) in [7, 11) is 1.32. The number of nitrogens with zero attached hydrogens (tertiary/aromatic N) is 2. The molecule has 0 aliphatic carbocycles. The first-order chi connectivity index (χ1) is 15.3. The molecule has 10 heteroatoms. The highest BCUT2D eigenvalue weighted by Crippen LogP contribution is 2.29. The van der Waals surface area contributed by atoms with Crippen molar-refractivity contribution in [2.45, 2.75) is 52.5 Å². The summed E-state index contributed by atoms with van der Waals surface area (Å²) in [6.45, 7) is 6.89. The van der Waals surface area contributed by atoms with Crippen LogP contribution in [0.15, 0.2) is 27.6 Å². The van der Waals surface area contributed by atoms with Gasteiger partial charge in [0.05, 0.1) is 50.7 Å². The molecule has 0 aliphatic rings. The van der Waals surface area contributed by atoms with Gasteiger partial charge in [0.15, 0.2) is 0 Å². The van der Waals surface area contributed by atoms with Crippen LogP contribution in [0.3, 0.4) is 0 Å². The highest BCUT2D eigenvalue weighted by Gasteiger charge is 2.22. The number of rotatable bonds is 11. The van der Waals surface area contributed by atoms with E-state index < -0.39 is 12.1 Å². The lowest BCUT2D eigenvalue weighted by Crippen LogP contribution is -2.35. The van der Waals surface area contributed by atoms with E-state index in [0.29, 0.717) is 46.0 Å². The lowest BCUT2D eigenvalue weighted by molar-refractivity contribution is -0.0117. The molecule has 3 rings (SSSR count). The summed E-state index contributed by atoms with van der Waals surface area (Å²) in [5, 5.41) is 10.8. The molecule has 0 bridgehead atoms. The normalized spacial score (nSPS) is 12.7. The van der Waals surface area contributed by atoms with Gasteiger partial charge in [-0.05, 0) is 38.0 Å². The molecule has 0 aromatic carbocycles. The van der Waals surface area contributed by atoms with Crippen LogP contribution < -0.4 is 5.56 Å². The lowest BCUT2D eigenvalue weighted by Gasteiger charge is -2.24. The van der Waals surface area contributed by atoms with E-state index in [4.69, 9.17) is 13.9 Å². The summed E-state index contributed by atoms with van der Waals surface area (Å²) < 4.78 is 15.8. The van der Waals surface area contributed by atoms with Gasteiger partial charge in [-0.15, -0.1) is 11.3 Å². The minimum atomic E-state index is -0.720. The Hall–Kier alpha value is -2.53. The number of esters is 1. The maximum absolute atomic E-state index is 12.9. The minimum Gasteiger partial charge on any atom is -0.468 e. The Morgan fingerprint density at radius 2 is 2.16 bits per heavy atom. The molecule has 1 unspecified atom stereocenters. The molecule has 0 saturated carbocycles. The van der Waals surface area contributed by atoms with Gasteiger partial charge in [0, 0.05) is 6.54 Å². The lowest BCUT2D eigenvalue weighted by atomic mass is 10.1. The van der Waals surface area contributed by atoms with Gasteiger partial charge in [-0.25, -0.2) is 9.78 Å². The first-order valence-corrected chi connectivity index (χ1v) is 11.3. The van der Waals surface area contributed by atoms with Crippen LogP contribution >= 0.6 is 11.3 Å². The molecular weight excluding hydrogens is 434 g/mol. The molecule has 3 heterocycles. The molecule has 3 aromatic rings. The number of aromatic amines is 1. The van der Waals surface area contributed by atoms with Crippen molar-refractivity contribution in [2.75, 3.05) is 20.3 Å². The summed E-state index contributed by atoms with van der Waals surface area (Å²) in [5.41, 5.74) is 0.348. The van der Waals surface area contributed by atoms with Gasteiger partial charge >= 0.3 is 5.97 Å². The first-order valence-electron chi connectivity index (χ1n) is 10.5. The molecule has 0 fully saturated rings. The number of ether oxygens (including phenoxy) is 2. The Kier molecular flexibility index (Phi) is 8.19. The fourth-order valence-electron chi connectivity index (χ4n) is 3.45. The predicted octanol–water partition coefficient (Wildman–Crippen LogP) is 2.71. The number of hydrogen-bond acceptors (Lipinski definition) is 9. The number of fused-ring (bicyclic) bond motifs is 1. The van der Waals surface area contributed by atoms with Gasteiger partial charge in [-0.2, -0.15) is 0 Å². The maximum atomic E-state index is 12.9. The van der Waals surface area contributed by atoms with Gasteiger partial charge in [0.1, 0.15) is 21.3 Å². The summed E-state index contributed by atoms with van der Waals surface area (Å²) in [6, 6.07) is 3.64. The van der Waals surface area contributed by atoms with E-state index in [9.17, 15) is 14.7 Å². The third-order valence-electron chi connectivity index (χ3n) is 4.86. The number of furan rings is 1. The van der Waals surface area contributed by atoms with Gasteiger partial charge < -0.3 is 24.0 Å². The van der Waals surface area contributed by atoms with Gasteiger partial charge in [0.2, 0.25) is 0 Å². The fraction of sp³-hybridized carbons (Fsp3) is 0.500. The quantitative estimate of drug-likeness (QED) is 0.417. The van der Waals surface area contributed by atoms with Crippen molar-refractivity contribution in [1.29, 1.82) is 0 Å². The number of nitrogens with one attached hydrogen (secondary N) is 1. The van der Waals surface area contributed by atoms with Crippen molar-refractivity contribution in [3.63, 3.8) is 0 Å². The monoisotopic (exact) mass is 463 g/mol. The van der Waals surface area contributed by atoms with E-state index in [1.165, 1.54) is 7.11 Å². The average Bonchev–Trinajstić information content (AvgIpc) is 3.39. The highest BCUT2D eigenvalue weighted by molar-refractivity contribution is 7.20. The summed E-state index contributed by atoms with van der Waals surface area (Å²) >= 11 is 1.16. The van der Waals surface area contributed by atoms with Gasteiger partial charge in [-0.1, -0.05) is 6.92 Å². The second kappa shape index (κ2) is 10.9. The number of aliphatic hydroxyl groups excluding tert-OH is 1. The van der Waals surface area contributed by atoms with Gasteiger partial charge in [-0.3, -0.25) is 9.69 Å². The number of hydrogen-bond donors (Lipinski definition) is 2. The molecular formula is C22H29N3O6S. The van der Waals surface area contributed by atoms with E-state index in [1.54, 1.807) is 12.3 Å². The third kappa shape index (κ3) is 5.83. The second-order valence-electron chi connectivity index (χ2n) is 7.73. The topological polar surface area (TPSA) is 118 Å². The molecule has 9 nitrogen and oxygen atoms in total. The molecule has 0 aliphatic heterocycles. The van der Waals surface area contributed by atoms with Crippen molar-refractivity contribution in [3.05, 3.63) is 50.8 Å². The van der Waals surface area contributed by atoms with Crippen LogP contribution in [-0.2, 0) is 29.0 Å². The Morgan fingerprint density at radius 1 is 1.38 bits per heavy atom. The van der Waals surface area contributed by atoms with E-state index >= 15 is 0 Å². The maximum Gasteiger partial charge on any atom is 0.348 e. The van der Waals surface area contributed by atoms with Crippen molar-refractivity contribution in [2.24, 2.45) is 0 Å². The molecule has 174 valence electrons. The summed E-state index contributed by atoms with van der Waals surface area (Å²) in [4.78, 5) is 35.2. The van der Waals surface area contributed by atoms with E-state index in [1.807, 2.05) is 31.7 Å². The molecule has 1 atom stereocenters. The van der Waals surface area contributed by atoms with Crippen LogP contribution in [0.25, 0.3) is 10.2 Å². The zero-order valence-electron chi connectivity index (χ0n) is 18.7. The molecule has 0 saturated heterocycles. The van der Waals surface area contributed by atoms with E-state index in [0.717, 1.165) is 17.1 Å². The molecule has 2 N–H and O–H groups in total. The summed E-state index contributed by atoms with van der Waals surface area (Å²) in [5.74, 6) is 0.688. The zero-order valence-corrected chi connectivity index (χ0v) is 19.5. The first kappa shape index (κ1) is 24.1. The van der Waals surface area contributed by atoms with Crippen molar-refractivity contribution in [1.82, 2.24) is 14.9 Å². The zero-order chi connectivity index (χ0) is 23.3. The van der Waals surface area contributed by atoms with Gasteiger partial charge in [0.25, 0.3) is 5.56 Å². The number of aromatic nitrogens is 2. The average molecular weight is 464 g/mol. The number of thiophene rings is 1. The Labute approximate surface area is 190 Å². The van der Waals surface area contributed by atoms with E-state index in [2.05, 4.69) is 9.97 Å². The van der Waals surface area contributed by atoms with E-state index in [-0.39, 0.29) is 24.8 Å². The number of carbonyl (C=O) groups is 1. The van der Waals surface area contributed by atoms with Crippen LogP contribution in [0, 0.1) is 0 Å². The van der Waals surface area contributed by atoms with Crippen molar-refractivity contribution >= 4 is 27.5 Å². The molecule has 3 aromatic heterocycles. The molecule has 0 amide bonds. The van der Waals surface area contributed by atoms with Crippen LogP contribution in [0.2, 0.25) is 0 Å². The Balaban J connectivity index is 1.88. The minimum absolute atomic E-state index is 0.0131. The standard InChI is InChI=1S/C22H29N3O6S/c1-5-16-18-20(27)23-17(24-21(18)32-19(16)22(28)29-4)11-25(10-15-7-6-8-30-15)9-14(26)12-31-13(2)3/h6-8,13-14,26H,5,9-12H2,1-4H3,(H,23,24,27). The van der Waals surface area contributed by atoms with Crippen LogP contribution in [0.5, 0.6) is 0 Å². The number of aliphatic hydroxyl groups is 1. The number of aryl methyl sites for hydroxylation is 1. The SMILES string of the molecule is CCc1c(C(=O)OC)sc2nc(CN(Cc3ccco3)CC(O)COC(C)C)[nH]c(=O)c12. The predicted molar refractivity (Wildman–Crippen MR) is 121 cm³/mol. The number of carbonyl (C=O) groups excluding carboxylic acids is 1. The van der Waals surface area contributed by atoms with Crippen molar-refractivity contribution < 1.29 is 23.8 Å².